The molecule has 4 nitrogen and oxygen atoms in total. The first-order chi connectivity index (χ1) is 13.9. The van der Waals surface area contributed by atoms with Gasteiger partial charge in [-0.15, -0.1) is 0 Å². The summed E-state index contributed by atoms with van der Waals surface area (Å²) >= 11 is 18.2. The summed E-state index contributed by atoms with van der Waals surface area (Å²) < 4.78 is 0. The molecular formula is C22H26Cl3N3O. The van der Waals surface area contributed by atoms with Gasteiger partial charge in [0.05, 0.1) is 22.3 Å². The Bertz CT molecular complexity index is 800. The molecule has 0 aromatic heterocycles. The van der Waals surface area contributed by atoms with Crippen LogP contribution in [0, 0.1) is 5.92 Å². The second kappa shape index (κ2) is 10.6. The average molecular weight is 455 g/mol. The Kier molecular flexibility index (Phi) is 8.22. The second-order valence-electron chi connectivity index (χ2n) is 7.69. The van der Waals surface area contributed by atoms with Crippen molar-refractivity contribution < 1.29 is 4.79 Å². The highest BCUT2D eigenvalue weighted by Gasteiger charge is 2.22. The van der Waals surface area contributed by atoms with Gasteiger partial charge in [-0.25, -0.2) is 0 Å². The van der Waals surface area contributed by atoms with Gasteiger partial charge in [-0.3, -0.25) is 9.69 Å². The number of carbonyl (C=O) groups excluding carboxylic acids is 1. The minimum atomic E-state index is -0.115. The summed E-state index contributed by atoms with van der Waals surface area (Å²) in [5.41, 5.74) is 1.75. The molecule has 0 aliphatic carbocycles. The van der Waals surface area contributed by atoms with E-state index in [0.29, 0.717) is 33.2 Å². The Hall–Kier alpha value is -1.30. The first-order valence-corrected chi connectivity index (χ1v) is 10.9. The maximum atomic E-state index is 12.4. The number of hydrogen-bond donors (Lipinski definition) is 1. The van der Waals surface area contributed by atoms with Crippen molar-refractivity contribution in [2.45, 2.75) is 19.4 Å². The molecule has 1 heterocycles. The monoisotopic (exact) mass is 453 g/mol. The van der Waals surface area contributed by atoms with Gasteiger partial charge < -0.3 is 10.2 Å². The molecule has 1 fully saturated rings. The van der Waals surface area contributed by atoms with Crippen molar-refractivity contribution in [1.29, 1.82) is 0 Å². The van der Waals surface area contributed by atoms with E-state index in [1.165, 1.54) is 5.56 Å². The Morgan fingerprint density at radius 3 is 2.34 bits per heavy atom. The molecule has 1 N–H and O–H groups in total. The summed E-state index contributed by atoms with van der Waals surface area (Å²) in [6.45, 7) is 4.21. The first kappa shape index (κ1) is 22.4. The third-order valence-electron chi connectivity index (χ3n) is 5.21. The van der Waals surface area contributed by atoms with Crippen LogP contribution in [0.1, 0.15) is 18.4 Å². The molecule has 156 valence electrons. The molecule has 7 heteroatoms. The van der Waals surface area contributed by atoms with Crippen LogP contribution in [0.25, 0.3) is 0 Å². The van der Waals surface area contributed by atoms with Crippen molar-refractivity contribution in [2.75, 3.05) is 38.5 Å². The summed E-state index contributed by atoms with van der Waals surface area (Å²) in [5.74, 6) is 0.541. The number of nitrogens with one attached hydrogen (secondary N) is 1. The molecule has 0 unspecified atom stereocenters. The van der Waals surface area contributed by atoms with Crippen LogP contribution < -0.4 is 5.32 Å². The quantitative estimate of drug-likeness (QED) is 0.606. The van der Waals surface area contributed by atoms with Crippen LogP contribution in [0.4, 0.5) is 5.69 Å². The normalized spacial score (nSPS) is 15.6. The molecule has 3 rings (SSSR count). The van der Waals surface area contributed by atoms with Crippen molar-refractivity contribution in [1.82, 2.24) is 9.80 Å². The Morgan fingerprint density at radius 2 is 1.72 bits per heavy atom. The number of hydrogen-bond acceptors (Lipinski definition) is 3. The van der Waals surface area contributed by atoms with Crippen molar-refractivity contribution in [3.05, 3.63) is 63.1 Å². The standard InChI is InChI=1S/C22H26Cl3N3O/c1-27(13-16-5-3-2-4-6-16)14-17-7-9-28(10-8-17)15-21(29)26-22-19(24)11-18(23)12-20(22)25/h2-6,11-12,17H,7-10,13-15H2,1H3,(H,26,29). The van der Waals surface area contributed by atoms with Crippen LogP contribution in [0.2, 0.25) is 15.1 Å². The lowest BCUT2D eigenvalue weighted by Crippen LogP contribution is -2.41. The van der Waals surface area contributed by atoms with E-state index in [4.69, 9.17) is 34.8 Å². The summed E-state index contributed by atoms with van der Waals surface area (Å²) in [6, 6.07) is 13.7. The van der Waals surface area contributed by atoms with E-state index >= 15 is 0 Å². The number of carbonyl (C=O) groups is 1. The minimum absolute atomic E-state index is 0.115. The number of rotatable bonds is 7. The number of likely N-dealkylation sites (tertiary alicyclic amines) is 1. The summed E-state index contributed by atoms with van der Waals surface area (Å²) in [4.78, 5) is 17.0. The zero-order valence-electron chi connectivity index (χ0n) is 16.5. The molecule has 2 aromatic rings. The molecule has 0 radical (unpaired) electrons. The SMILES string of the molecule is CN(Cc1ccccc1)CC1CCN(CC(=O)Nc2c(Cl)cc(Cl)cc2Cl)CC1. The van der Waals surface area contributed by atoms with Gasteiger partial charge in [0.25, 0.3) is 0 Å². The molecule has 1 saturated heterocycles. The van der Waals surface area contributed by atoms with Gasteiger partial charge in [-0.1, -0.05) is 65.1 Å². The smallest absolute Gasteiger partial charge is 0.238 e. The van der Waals surface area contributed by atoms with Gasteiger partial charge in [0.15, 0.2) is 0 Å². The Balaban J connectivity index is 1.42. The number of amides is 1. The minimum Gasteiger partial charge on any atom is -0.322 e. The molecular weight excluding hydrogens is 429 g/mol. The molecule has 0 saturated carbocycles. The van der Waals surface area contributed by atoms with Crippen molar-refractivity contribution >= 4 is 46.4 Å². The molecule has 1 aliphatic heterocycles. The van der Waals surface area contributed by atoms with E-state index in [9.17, 15) is 4.79 Å². The third-order valence-corrected chi connectivity index (χ3v) is 6.03. The van der Waals surface area contributed by atoms with Crippen LogP contribution in [0.3, 0.4) is 0 Å². The van der Waals surface area contributed by atoms with Crippen LogP contribution in [0.15, 0.2) is 42.5 Å². The molecule has 29 heavy (non-hydrogen) atoms. The number of piperidine rings is 1. The lowest BCUT2D eigenvalue weighted by Gasteiger charge is -2.33. The molecule has 0 bridgehead atoms. The second-order valence-corrected chi connectivity index (χ2v) is 8.95. The van der Waals surface area contributed by atoms with E-state index in [-0.39, 0.29) is 5.91 Å². The van der Waals surface area contributed by atoms with Crippen LogP contribution in [-0.2, 0) is 11.3 Å². The molecule has 0 spiro atoms. The average Bonchev–Trinajstić information content (AvgIpc) is 2.67. The fourth-order valence-electron chi connectivity index (χ4n) is 3.77. The van der Waals surface area contributed by atoms with Crippen LogP contribution >= 0.6 is 34.8 Å². The molecule has 1 amide bonds. The Labute approximate surface area is 187 Å². The van der Waals surface area contributed by atoms with Gasteiger partial charge in [-0.05, 0) is 56.6 Å². The molecule has 2 aromatic carbocycles. The summed E-state index contributed by atoms with van der Waals surface area (Å²) in [7, 11) is 2.17. The zero-order chi connectivity index (χ0) is 20.8. The summed E-state index contributed by atoms with van der Waals surface area (Å²) in [6.07, 6.45) is 2.18. The first-order valence-electron chi connectivity index (χ1n) is 9.80. The van der Waals surface area contributed by atoms with E-state index in [0.717, 1.165) is 39.0 Å². The van der Waals surface area contributed by atoms with Gasteiger partial charge >= 0.3 is 0 Å². The lowest BCUT2D eigenvalue weighted by atomic mass is 9.96. The van der Waals surface area contributed by atoms with E-state index in [1.807, 2.05) is 6.07 Å². The number of anilines is 1. The third kappa shape index (κ3) is 6.87. The van der Waals surface area contributed by atoms with Gasteiger partial charge in [0.1, 0.15) is 0 Å². The lowest BCUT2D eigenvalue weighted by molar-refractivity contribution is -0.117. The van der Waals surface area contributed by atoms with Crippen LogP contribution in [0.5, 0.6) is 0 Å². The highest BCUT2D eigenvalue weighted by Crippen LogP contribution is 2.33. The molecule has 0 atom stereocenters. The maximum absolute atomic E-state index is 12.4. The fourth-order valence-corrected chi connectivity index (χ4v) is 4.68. The predicted octanol–water partition coefficient (Wildman–Crippen LogP) is 5.43. The number of nitrogens with zero attached hydrogens (tertiary/aromatic N) is 2. The zero-order valence-corrected chi connectivity index (χ0v) is 18.8. The maximum Gasteiger partial charge on any atom is 0.238 e. The van der Waals surface area contributed by atoms with Gasteiger partial charge in [0, 0.05) is 18.1 Å². The number of halogens is 3. The van der Waals surface area contributed by atoms with Gasteiger partial charge in [-0.2, -0.15) is 0 Å². The fraction of sp³-hybridized carbons (Fsp3) is 0.409. The largest absolute Gasteiger partial charge is 0.322 e. The van der Waals surface area contributed by atoms with E-state index in [1.54, 1.807) is 12.1 Å². The highest BCUT2D eigenvalue weighted by atomic mass is 35.5. The molecule has 1 aliphatic rings. The van der Waals surface area contributed by atoms with Gasteiger partial charge in [0.2, 0.25) is 5.91 Å². The van der Waals surface area contributed by atoms with Crippen molar-refractivity contribution in [3.8, 4) is 0 Å². The van der Waals surface area contributed by atoms with E-state index in [2.05, 4.69) is 46.4 Å². The Morgan fingerprint density at radius 1 is 1.10 bits per heavy atom. The van der Waals surface area contributed by atoms with Crippen molar-refractivity contribution in [2.24, 2.45) is 5.92 Å². The van der Waals surface area contributed by atoms with E-state index < -0.39 is 0 Å². The summed E-state index contributed by atoms with van der Waals surface area (Å²) in [5, 5.41) is 3.94. The van der Waals surface area contributed by atoms with Crippen LogP contribution in [-0.4, -0.2) is 48.9 Å². The number of benzene rings is 2. The van der Waals surface area contributed by atoms with Crippen molar-refractivity contribution in [3.63, 3.8) is 0 Å². The topological polar surface area (TPSA) is 35.6 Å². The highest BCUT2D eigenvalue weighted by molar-refractivity contribution is 6.42. The predicted molar refractivity (Wildman–Crippen MR) is 122 cm³/mol.